The number of thiophene rings is 1. The van der Waals surface area contributed by atoms with E-state index in [1.165, 1.54) is 32.0 Å². The standard InChI is InChI=1S/C31H28F3O3S/c1-20-16-26(38-22(3)18-24-8-6-7-9-27(24)38)17-21(2)29(20)36-19-28(35)37-30(4,5)15-14-23-10-12-25(13-11-23)31(32,33)34/h6-13,16-18H,19H2,1-5H3/q+1. The molecule has 4 rings (SSSR count). The minimum absolute atomic E-state index is 0.146. The average molecular weight is 538 g/mol. The summed E-state index contributed by atoms with van der Waals surface area (Å²) in [6.07, 6.45) is -4.41. The molecule has 3 nitrogen and oxygen atoms in total. The first kappa shape index (κ1) is 27.3. The van der Waals surface area contributed by atoms with E-state index < -0.39 is 23.3 Å². The van der Waals surface area contributed by atoms with Gasteiger partial charge in [0, 0.05) is 46.5 Å². The van der Waals surface area contributed by atoms with E-state index in [0.29, 0.717) is 11.3 Å². The van der Waals surface area contributed by atoms with Gasteiger partial charge in [0.05, 0.1) is 5.56 Å². The quantitative estimate of drug-likeness (QED) is 0.146. The van der Waals surface area contributed by atoms with Gasteiger partial charge in [-0.2, -0.15) is 13.2 Å². The first-order valence-electron chi connectivity index (χ1n) is 12.0. The van der Waals surface area contributed by atoms with Crippen LogP contribution in [0, 0.1) is 32.6 Å². The molecular weight excluding hydrogens is 509 g/mol. The van der Waals surface area contributed by atoms with Crippen molar-refractivity contribution in [1.29, 1.82) is 0 Å². The van der Waals surface area contributed by atoms with E-state index in [9.17, 15) is 18.0 Å². The predicted molar refractivity (Wildman–Crippen MR) is 146 cm³/mol. The van der Waals surface area contributed by atoms with E-state index in [4.69, 9.17) is 9.47 Å². The summed E-state index contributed by atoms with van der Waals surface area (Å²) in [6, 6.07) is 19.3. The minimum Gasteiger partial charge on any atom is -0.481 e. The molecule has 196 valence electrons. The lowest BCUT2D eigenvalue weighted by molar-refractivity contribution is -0.154. The van der Waals surface area contributed by atoms with Crippen LogP contribution in [0.4, 0.5) is 13.2 Å². The second-order valence-electron chi connectivity index (χ2n) is 9.58. The summed E-state index contributed by atoms with van der Waals surface area (Å²) >= 11 is 0. The van der Waals surface area contributed by atoms with Gasteiger partial charge in [-0.3, -0.25) is 0 Å². The van der Waals surface area contributed by atoms with E-state index in [-0.39, 0.29) is 17.1 Å². The molecule has 0 radical (unpaired) electrons. The van der Waals surface area contributed by atoms with Crippen LogP contribution < -0.4 is 4.74 Å². The number of rotatable bonds is 5. The summed E-state index contributed by atoms with van der Waals surface area (Å²) in [5.41, 5.74) is 0.348. The highest BCUT2D eigenvalue weighted by atomic mass is 32.2. The Morgan fingerprint density at radius 2 is 1.55 bits per heavy atom. The molecule has 4 aromatic rings. The summed E-state index contributed by atoms with van der Waals surface area (Å²) in [4.78, 5) is 15.0. The summed E-state index contributed by atoms with van der Waals surface area (Å²) < 4.78 is 50.8. The third kappa shape index (κ3) is 6.20. The molecule has 1 unspecified atom stereocenters. The summed E-state index contributed by atoms with van der Waals surface area (Å²) in [7, 11) is -0.146. The monoisotopic (exact) mass is 537 g/mol. The molecule has 0 saturated carbocycles. The van der Waals surface area contributed by atoms with Gasteiger partial charge in [0.25, 0.3) is 0 Å². The van der Waals surface area contributed by atoms with Crippen molar-refractivity contribution in [2.75, 3.05) is 6.61 Å². The second-order valence-corrected chi connectivity index (χ2v) is 11.8. The second kappa shape index (κ2) is 10.5. The first-order valence-corrected chi connectivity index (χ1v) is 13.2. The maximum atomic E-state index is 12.7. The fourth-order valence-electron chi connectivity index (χ4n) is 4.24. The van der Waals surface area contributed by atoms with Crippen LogP contribution in [0.15, 0.2) is 66.7 Å². The number of benzene rings is 3. The van der Waals surface area contributed by atoms with Gasteiger partial charge in [-0.1, -0.05) is 24.0 Å². The molecule has 0 fully saturated rings. The molecule has 1 atom stereocenters. The molecular formula is C31H28F3O3S+. The lowest BCUT2D eigenvalue weighted by Gasteiger charge is -2.19. The number of halogens is 3. The number of hydrogen-bond acceptors (Lipinski definition) is 3. The van der Waals surface area contributed by atoms with Crippen molar-refractivity contribution in [2.45, 2.75) is 46.4 Å². The third-order valence-electron chi connectivity index (χ3n) is 5.91. The normalized spacial score (nSPS) is 12.2. The van der Waals surface area contributed by atoms with Crippen LogP contribution in [0.2, 0.25) is 0 Å². The first-order chi connectivity index (χ1) is 17.8. The van der Waals surface area contributed by atoms with E-state index in [2.05, 4.69) is 55.2 Å². The highest BCUT2D eigenvalue weighted by Gasteiger charge is 2.30. The van der Waals surface area contributed by atoms with Crippen LogP contribution in [-0.2, 0) is 15.7 Å². The van der Waals surface area contributed by atoms with E-state index in [0.717, 1.165) is 23.3 Å². The molecule has 0 bridgehead atoms. The smallest absolute Gasteiger partial charge is 0.416 e. The Morgan fingerprint density at radius 1 is 0.921 bits per heavy atom. The topological polar surface area (TPSA) is 35.5 Å². The van der Waals surface area contributed by atoms with Gasteiger partial charge in [-0.25, -0.2) is 4.79 Å². The third-order valence-corrected chi connectivity index (χ3v) is 8.19. The number of carbonyl (C=O) groups is 1. The number of hydrogen-bond donors (Lipinski definition) is 0. The number of aryl methyl sites for hydroxylation is 3. The molecule has 0 aliphatic rings. The van der Waals surface area contributed by atoms with Gasteiger partial charge in [0.1, 0.15) is 5.75 Å². The van der Waals surface area contributed by atoms with Gasteiger partial charge in [-0.15, -0.1) is 0 Å². The number of alkyl halides is 3. The highest BCUT2D eigenvalue weighted by molar-refractivity contribution is 7.45. The Morgan fingerprint density at radius 3 is 2.18 bits per heavy atom. The maximum absolute atomic E-state index is 12.7. The van der Waals surface area contributed by atoms with Crippen molar-refractivity contribution >= 4 is 26.5 Å². The van der Waals surface area contributed by atoms with Crippen molar-refractivity contribution < 1.29 is 27.4 Å². The molecule has 0 aliphatic carbocycles. The molecule has 0 N–H and O–H groups in total. The van der Waals surface area contributed by atoms with Gasteiger partial charge >= 0.3 is 12.1 Å². The van der Waals surface area contributed by atoms with Crippen molar-refractivity contribution in [3.8, 4) is 22.5 Å². The molecule has 0 spiro atoms. The zero-order valence-corrected chi connectivity index (χ0v) is 22.6. The fourth-order valence-corrected chi connectivity index (χ4v) is 6.63. The predicted octanol–water partition coefficient (Wildman–Crippen LogP) is 8.27. The van der Waals surface area contributed by atoms with Crippen molar-refractivity contribution in [3.63, 3.8) is 0 Å². The zero-order valence-electron chi connectivity index (χ0n) is 21.8. The molecule has 0 aliphatic heterocycles. The molecule has 38 heavy (non-hydrogen) atoms. The number of fused-ring (bicyclic) bond motifs is 1. The van der Waals surface area contributed by atoms with Crippen LogP contribution in [-0.4, -0.2) is 18.2 Å². The van der Waals surface area contributed by atoms with Gasteiger partial charge in [0.15, 0.2) is 26.7 Å². The minimum atomic E-state index is -4.41. The van der Waals surface area contributed by atoms with Crippen LogP contribution >= 0.6 is 10.5 Å². The Labute approximate surface area is 223 Å². The number of ether oxygens (including phenoxy) is 2. The average Bonchev–Trinajstić information content (AvgIpc) is 3.17. The summed E-state index contributed by atoms with van der Waals surface area (Å²) in [5, 5.41) is 1.25. The van der Waals surface area contributed by atoms with Crippen LogP contribution in [0.3, 0.4) is 0 Å². The molecule has 0 amide bonds. The van der Waals surface area contributed by atoms with Gasteiger partial charge in [0.2, 0.25) is 0 Å². The highest BCUT2D eigenvalue weighted by Crippen LogP contribution is 2.45. The summed E-state index contributed by atoms with van der Waals surface area (Å²) in [5.74, 6) is 5.61. The van der Waals surface area contributed by atoms with Gasteiger partial charge in [-0.05, 0) is 75.2 Å². The van der Waals surface area contributed by atoms with Crippen LogP contribution in [0.1, 0.15) is 41.0 Å². The zero-order chi connectivity index (χ0) is 27.7. The number of esters is 1. The van der Waals surface area contributed by atoms with Crippen molar-refractivity contribution in [1.82, 2.24) is 0 Å². The fraction of sp³-hybridized carbons (Fsp3) is 0.258. The van der Waals surface area contributed by atoms with Crippen LogP contribution in [0.25, 0.3) is 15.0 Å². The molecule has 3 aromatic carbocycles. The van der Waals surface area contributed by atoms with Gasteiger partial charge < -0.3 is 9.47 Å². The lowest BCUT2D eigenvalue weighted by atomic mass is 10.1. The molecule has 1 heterocycles. The maximum Gasteiger partial charge on any atom is 0.416 e. The molecule has 0 saturated heterocycles. The summed E-state index contributed by atoms with van der Waals surface area (Å²) in [6.45, 7) is 9.01. The Hall–Kier alpha value is -3.76. The number of carbonyl (C=O) groups excluding carboxylic acids is 1. The van der Waals surface area contributed by atoms with E-state index in [1.54, 1.807) is 13.8 Å². The Bertz CT molecular complexity index is 1530. The molecule has 1 aromatic heterocycles. The largest absolute Gasteiger partial charge is 0.481 e. The van der Waals surface area contributed by atoms with E-state index >= 15 is 0 Å². The molecule has 7 heteroatoms. The lowest BCUT2D eigenvalue weighted by Crippen LogP contribution is -2.29. The Balaban J connectivity index is 1.43. The van der Waals surface area contributed by atoms with Crippen molar-refractivity contribution in [2.24, 2.45) is 0 Å². The SMILES string of the molecule is Cc1cc(-[s+]2c(C)cc3ccccc32)cc(C)c1OCC(=O)OC(C)(C)C#Cc1ccc(C(F)(F)F)cc1. The van der Waals surface area contributed by atoms with Crippen LogP contribution in [0.5, 0.6) is 5.75 Å². The van der Waals surface area contributed by atoms with E-state index in [1.807, 2.05) is 19.9 Å². The Kier molecular flexibility index (Phi) is 7.57. The van der Waals surface area contributed by atoms with Crippen molar-refractivity contribution in [3.05, 3.63) is 93.9 Å².